The lowest BCUT2D eigenvalue weighted by Crippen LogP contribution is -2.33. The molecule has 0 spiro atoms. The number of fused-ring (bicyclic) bond motifs is 1. The van der Waals surface area contributed by atoms with E-state index >= 15 is 0 Å². The van der Waals surface area contributed by atoms with Gasteiger partial charge in [0.2, 0.25) is 0 Å². The van der Waals surface area contributed by atoms with E-state index in [0.717, 1.165) is 11.0 Å². The maximum Gasteiger partial charge on any atom is 0.307 e. The van der Waals surface area contributed by atoms with E-state index in [2.05, 4.69) is 9.97 Å². The second-order valence-corrected chi connectivity index (χ2v) is 5.63. The number of halogens is 1. The van der Waals surface area contributed by atoms with Gasteiger partial charge in [-0.25, -0.2) is 9.37 Å². The van der Waals surface area contributed by atoms with E-state index < -0.39 is 11.8 Å². The van der Waals surface area contributed by atoms with Crippen molar-refractivity contribution < 1.29 is 18.7 Å². The summed E-state index contributed by atoms with van der Waals surface area (Å²) in [6.07, 6.45) is 1.56. The van der Waals surface area contributed by atoms with E-state index in [1.807, 2.05) is 0 Å². The first-order chi connectivity index (χ1) is 12.6. The van der Waals surface area contributed by atoms with Crippen LogP contribution in [0.2, 0.25) is 0 Å². The highest BCUT2D eigenvalue weighted by Crippen LogP contribution is 2.21. The minimum Gasteiger partial charge on any atom is -0.466 e. The summed E-state index contributed by atoms with van der Waals surface area (Å²) in [5, 5.41) is 0. The molecular weight excluding hydrogens is 337 g/mol. The van der Waals surface area contributed by atoms with Crippen LogP contribution in [0.3, 0.4) is 0 Å². The lowest BCUT2D eigenvalue weighted by molar-refractivity contribution is -0.142. The fraction of sp³-hybridized carbons (Fsp3) is 0.211. The Morgan fingerprint density at radius 2 is 2.08 bits per heavy atom. The Bertz CT molecular complexity index is 938. The molecule has 1 aromatic heterocycles. The number of hydrogen-bond acceptors (Lipinski definition) is 4. The van der Waals surface area contributed by atoms with Gasteiger partial charge in [0.25, 0.3) is 5.91 Å². The van der Waals surface area contributed by atoms with Crippen molar-refractivity contribution in [3.63, 3.8) is 0 Å². The zero-order valence-electron chi connectivity index (χ0n) is 14.2. The van der Waals surface area contributed by atoms with Gasteiger partial charge >= 0.3 is 5.97 Å². The molecule has 0 aliphatic rings. The van der Waals surface area contributed by atoms with Gasteiger partial charge < -0.3 is 14.6 Å². The number of benzene rings is 2. The van der Waals surface area contributed by atoms with E-state index in [1.165, 1.54) is 23.1 Å². The molecule has 26 heavy (non-hydrogen) atoms. The van der Waals surface area contributed by atoms with Gasteiger partial charge in [-0.05, 0) is 43.3 Å². The van der Waals surface area contributed by atoms with Crippen molar-refractivity contribution in [1.29, 1.82) is 0 Å². The third-order valence-corrected chi connectivity index (χ3v) is 3.88. The lowest BCUT2D eigenvalue weighted by Gasteiger charge is -2.22. The molecule has 0 saturated carbocycles. The molecule has 0 unspecified atom stereocenters. The highest BCUT2D eigenvalue weighted by molar-refractivity contribution is 6.07. The Balaban J connectivity index is 1.90. The lowest BCUT2D eigenvalue weighted by atomic mass is 10.1. The van der Waals surface area contributed by atoms with E-state index in [4.69, 9.17) is 4.74 Å². The molecule has 1 heterocycles. The summed E-state index contributed by atoms with van der Waals surface area (Å²) in [5.41, 5.74) is 2.25. The van der Waals surface area contributed by atoms with Crippen LogP contribution in [0.25, 0.3) is 11.0 Å². The Hall–Kier alpha value is -3.22. The third kappa shape index (κ3) is 3.88. The first-order valence-electron chi connectivity index (χ1n) is 8.24. The van der Waals surface area contributed by atoms with Crippen LogP contribution in [-0.4, -0.2) is 35.0 Å². The van der Waals surface area contributed by atoms with Gasteiger partial charge in [0.1, 0.15) is 5.82 Å². The predicted molar refractivity (Wildman–Crippen MR) is 95.4 cm³/mol. The summed E-state index contributed by atoms with van der Waals surface area (Å²) in [6.45, 7) is 2.07. The number of anilines is 1. The average Bonchev–Trinajstić information content (AvgIpc) is 3.09. The minimum atomic E-state index is -0.458. The van der Waals surface area contributed by atoms with Crippen LogP contribution in [0.4, 0.5) is 10.1 Å². The minimum absolute atomic E-state index is 0.0163. The van der Waals surface area contributed by atoms with Crippen molar-refractivity contribution in [3.8, 4) is 0 Å². The molecular formula is C19H18FN3O3. The number of aromatic amines is 1. The number of hydrogen-bond donors (Lipinski definition) is 1. The van der Waals surface area contributed by atoms with Gasteiger partial charge in [-0.2, -0.15) is 0 Å². The van der Waals surface area contributed by atoms with Crippen LogP contribution in [0, 0.1) is 5.82 Å². The zero-order valence-corrected chi connectivity index (χ0v) is 14.2. The largest absolute Gasteiger partial charge is 0.466 e. The van der Waals surface area contributed by atoms with Crippen LogP contribution in [-0.2, 0) is 9.53 Å². The molecule has 0 atom stereocenters. The number of esters is 1. The molecule has 1 amide bonds. The number of rotatable bonds is 6. The van der Waals surface area contributed by atoms with Gasteiger partial charge in [0, 0.05) is 17.8 Å². The molecule has 1 N–H and O–H groups in total. The Morgan fingerprint density at radius 3 is 2.85 bits per heavy atom. The Kier molecular flexibility index (Phi) is 5.26. The molecule has 6 nitrogen and oxygen atoms in total. The second-order valence-electron chi connectivity index (χ2n) is 5.63. The number of carbonyl (C=O) groups excluding carboxylic acids is 2. The molecule has 0 radical (unpaired) electrons. The number of aromatic nitrogens is 2. The monoisotopic (exact) mass is 355 g/mol. The standard InChI is InChI=1S/C19H18FN3O3/c1-2-26-18(24)8-9-23(15-5-3-4-14(20)11-15)19(25)13-6-7-16-17(10-13)22-12-21-16/h3-7,10-12H,2,8-9H2,1H3,(H,21,22). The fourth-order valence-electron chi connectivity index (χ4n) is 2.65. The van der Waals surface area contributed by atoms with Crippen molar-refractivity contribution in [1.82, 2.24) is 9.97 Å². The average molecular weight is 355 g/mol. The number of nitrogens with zero attached hydrogens (tertiary/aromatic N) is 2. The summed E-state index contributed by atoms with van der Waals surface area (Å²) in [5.74, 6) is -1.21. The van der Waals surface area contributed by atoms with Gasteiger partial charge in [-0.15, -0.1) is 0 Å². The number of nitrogens with one attached hydrogen (secondary N) is 1. The van der Waals surface area contributed by atoms with Crippen molar-refractivity contribution in [2.24, 2.45) is 0 Å². The number of imidazole rings is 1. The molecule has 7 heteroatoms. The van der Waals surface area contributed by atoms with Crippen LogP contribution in [0.5, 0.6) is 0 Å². The van der Waals surface area contributed by atoms with Gasteiger partial charge in [0.05, 0.1) is 30.4 Å². The number of amides is 1. The van der Waals surface area contributed by atoms with Crippen LogP contribution in [0.1, 0.15) is 23.7 Å². The normalized spacial score (nSPS) is 10.7. The SMILES string of the molecule is CCOC(=O)CCN(C(=O)c1ccc2nc[nH]c2c1)c1cccc(F)c1. The van der Waals surface area contributed by atoms with E-state index in [9.17, 15) is 14.0 Å². The molecule has 0 bridgehead atoms. The molecule has 0 aliphatic heterocycles. The first kappa shape index (κ1) is 17.6. The van der Waals surface area contributed by atoms with Crippen molar-refractivity contribution in [2.45, 2.75) is 13.3 Å². The molecule has 3 rings (SSSR count). The second kappa shape index (κ2) is 7.77. The van der Waals surface area contributed by atoms with E-state index in [-0.39, 0.29) is 25.5 Å². The van der Waals surface area contributed by atoms with Crippen molar-refractivity contribution >= 4 is 28.6 Å². The van der Waals surface area contributed by atoms with Crippen molar-refractivity contribution in [2.75, 3.05) is 18.1 Å². The van der Waals surface area contributed by atoms with Crippen LogP contribution >= 0.6 is 0 Å². The summed E-state index contributed by atoms with van der Waals surface area (Å²) in [4.78, 5) is 33.2. The van der Waals surface area contributed by atoms with E-state index in [1.54, 1.807) is 37.5 Å². The Morgan fingerprint density at radius 1 is 1.23 bits per heavy atom. The quantitative estimate of drug-likeness (QED) is 0.689. The highest BCUT2D eigenvalue weighted by atomic mass is 19.1. The first-order valence-corrected chi connectivity index (χ1v) is 8.24. The summed E-state index contributed by atoms with van der Waals surface area (Å²) >= 11 is 0. The molecule has 0 aliphatic carbocycles. The number of ether oxygens (including phenoxy) is 1. The molecule has 0 fully saturated rings. The number of carbonyl (C=O) groups is 2. The summed E-state index contributed by atoms with van der Waals surface area (Å²) in [7, 11) is 0. The maximum atomic E-state index is 13.6. The molecule has 134 valence electrons. The zero-order chi connectivity index (χ0) is 18.5. The smallest absolute Gasteiger partial charge is 0.307 e. The summed E-state index contributed by atoms with van der Waals surface area (Å²) in [6, 6.07) is 10.8. The van der Waals surface area contributed by atoms with Gasteiger partial charge in [-0.3, -0.25) is 9.59 Å². The maximum absolute atomic E-state index is 13.6. The molecule has 3 aromatic rings. The van der Waals surface area contributed by atoms with E-state index in [0.29, 0.717) is 11.3 Å². The molecule has 2 aromatic carbocycles. The predicted octanol–water partition coefficient (Wildman–Crippen LogP) is 3.30. The highest BCUT2D eigenvalue weighted by Gasteiger charge is 2.20. The van der Waals surface area contributed by atoms with Gasteiger partial charge in [-0.1, -0.05) is 6.07 Å². The third-order valence-electron chi connectivity index (χ3n) is 3.88. The number of H-pyrrole nitrogens is 1. The molecule has 0 saturated heterocycles. The Labute approximate surface area is 149 Å². The summed E-state index contributed by atoms with van der Waals surface area (Å²) < 4.78 is 18.6. The fourth-order valence-corrected chi connectivity index (χ4v) is 2.65. The van der Waals surface area contributed by atoms with Crippen LogP contribution < -0.4 is 4.90 Å². The topological polar surface area (TPSA) is 75.3 Å². The van der Waals surface area contributed by atoms with Crippen molar-refractivity contribution in [3.05, 3.63) is 60.2 Å². The van der Waals surface area contributed by atoms with Gasteiger partial charge in [0.15, 0.2) is 0 Å². The van der Waals surface area contributed by atoms with Crippen LogP contribution in [0.15, 0.2) is 48.8 Å².